The van der Waals surface area contributed by atoms with E-state index in [4.69, 9.17) is 0 Å². The van der Waals surface area contributed by atoms with Crippen molar-refractivity contribution in [3.05, 3.63) is 0 Å². The van der Waals surface area contributed by atoms with Gasteiger partial charge in [-0.1, -0.05) is 0 Å². The molecule has 0 amide bonds. The van der Waals surface area contributed by atoms with Gasteiger partial charge < -0.3 is 0 Å². The van der Waals surface area contributed by atoms with Gasteiger partial charge in [0.15, 0.2) is 0 Å². The fourth-order valence-corrected chi connectivity index (χ4v) is 2.23. The van der Waals surface area contributed by atoms with E-state index in [-0.39, 0.29) is 12.1 Å². The van der Waals surface area contributed by atoms with Crippen LogP contribution in [-0.4, -0.2) is 35.7 Å². The predicted octanol–water partition coefficient (Wildman–Crippen LogP) is 0.532. The highest BCUT2D eigenvalue weighted by molar-refractivity contribution is 7.99. The monoisotopic (exact) mass is 184 g/mol. The van der Waals surface area contributed by atoms with E-state index in [1.54, 1.807) is 11.8 Å². The SMILES string of the molecule is O=C=NC1CCSCC1N=C=O. The number of isocyanates is 2. The molecule has 1 heterocycles. The van der Waals surface area contributed by atoms with Gasteiger partial charge in [-0.25, -0.2) is 14.6 Å². The largest absolute Gasteiger partial charge is 0.235 e. The highest BCUT2D eigenvalue weighted by Crippen LogP contribution is 2.22. The molecule has 0 aromatic rings. The molecule has 1 aliphatic heterocycles. The molecule has 0 saturated carbocycles. The fraction of sp³-hybridized carbons (Fsp3) is 0.714. The molecule has 1 rings (SSSR count). The molecule has 64 valence electrons. The van der Waals surface area contributed by atoms with Gasteiger partial charge in [-0.05, 0) is 12.2 Å². The Bertz CT molecular complexity index is 218. The van der Waals surface area contributed by atoms with Crippen LogP contribution in [0.15, 0.2) is 9.98 Å². The van der Waals surface area contributed by atoms with Crippen LogP contribution in [0, 0.1) is 0 Å². The summed E-state index contributed by atoms with van der Waals surface area (Å²) in [5, 5.41) is 0. The summed E-state index contributed by atoms with van der Waals surface area (Å²) in [6, 6.07) is -0.340. The van der Waals surface area contributed by atoms with Gasteiger partial charge in [0, 0.05) is 5.75 Å². The van der Waals surface area contributed by atoms with E-state index in [0.717, 1.165) is 17.9 Å². The molecular formula is C7H8N2O2S. The minimum Gasteiger partial charge on any atom is -0.211 e. The first-order chi connectivity index (χ1) is 5.88. The van der Waals surface area contributed by atoms with Gasteiger partial charge in [0.1, 0.15) is 0 Å². The van der Waals surface area contributed by atoms with Gasteiger partial charge >= 0.3 is 0 Å². The molecule has 4 nitrogen and oxygen atoms in total. The lowest BCUT2D eigenvalue weighted by molar-refractivity contribution is 0.513. The highest BCUT2D eigenvalue weighted by atomic mass is 32.2. The second kappa shape index (κ2) is 4.88. The zero-order valence-corrected chi connectivity index (χ0v) is 7.21. The topological polar surface area (TPSA) is 58.9 Å². The van der Waals surface area contributed by atoms with Gasteiger partial charge in [0.2, 0.25) is 12.2 Å². The Labute approximate surface area is 74.2 Å². The minimum absolute atomic E-state index is 0.162. The molecular weight excluding hydrogens is 176 g/mol. The van der Waals surface area contributed by atoms with Crippen LogP contribution < -0.4 is 0 Å². The maximum Gasteiger partial charge on any atom is 0.235 e. The van der Waals surface area contributed by atoms with E-state index in [2.05, 4.69) is 9.98 Å². The summed E-state index contributed by atoms with van der Waals surface area (Å²) in [4.78, 5) is 27.1. The molecule has 1 fully saturated rings. The lowest BCUT2D eigenvalue weighted by Crippen LogP contribution is -2.29. The van der Waals surface area contributed by atoms with Crippen LogP contribution >= 0.6 is 11.8 Å². The van der Waals surface area contributed by atoms with Crippen LogP contribution in [0.5, 0.6) is 0 Å². The molecule has 2 unspecified atom stereocenters. The van der Waals surface area contributed by atoms with Crippen LogP contribution in [0.25, 0.3) is 0 Å². The third kappa shape index (κ3) is 2.31. The molecule has 12 heavy (non-hydrogen) atoms. The summed E-state index contributed by atoms with van der Waals surface area (Å²) in [7, 11) is 0. The minimum atomic E-state index is -0.178. The Morgan fingerprint density at radius 1 is 1.17 bits per heavy atom. The maximum atomic E-state index is 9.98. The van der Waals surface area contributed by atoms with Crippen LogP contribution in [-0.2, 0) is 9.59 Å². The van der Waals surface area contributed by atoms with E-state index >= 15 is 0 Å². The van der Waals surface area contributed by atoms with Crippen molar-refractivity contribution in [1.82, 2.24) is 0 Å². The number of hydrogen-bond donors (Lipinski definition) is 0. The van der Waals surface area contributed by atoms with Crippen LogP contribution in [0.4, 0.5) is 0 Å². The summed E-state index contributed by atoms with van der Waals surface area (Å²) in [5.74, 6) is 1.70. The zero-order valence-electron chi connectivity index (χ0n) is 6.40. The van der Waals surface area contributed by atoms with Crippen molar-refractivity contribution < 1.29 is 9.59 Å². The first-order valence-corrected chi connectivity index (χ1v) is 4.75. The van der Waals surface area contributed by atoms with Gasteiger partial charge in [-0.3, -0.25) is 0 Å². The number of thioether (sulfide) groups is 1. The number of nitrogens with zero attached hydrogens (tertiary/aromatic N) is 2. The molecule has 0 bridgehead atoms. The standard InChI is InChI=1S/C7H8N2O2S/c10-4-8-6-1-2-12-3-7(6)9-5-11/h6-7H,1-3H2. The quantitative estimate of drug-likeness (QED) is 0.464. The average molecular weight is 184 g/mol. The summed E-state index contributed by atoms with van der Waals surface area (Å²) in [6.45, 7) is 0. The molecule has 2 atom stereocenters. The third-order valence-electron chi connectivity index (χ3n) is 1.73. The highest BCUT2D eigenvalue weighted by Gasteiger charge is 2.24. The summed E-state index contributed by atoms with van der Waals surface area (Å²) < 4.78 is 0. The number of hydrogen-bond acceptors (Lipinski definition) is 5. The Balaban J connectivity index is 2.65. The summed E-state index contributed by atoms with van der Waals surface area (Å²) in [5.41, 5.74) is 0. The smallest absolute Gasteiger partial charge is 0.211 e. The van der Waals surface area contributed by atoms with Crippen molar-refractivity contribution in [2.75, 3.05) is 11.5 Å². The molecule has 0 N–H and O–H groups in total. The van der Waals surface area contributed by atoms with Gasteiger partial charge in [0.05, 0.1) is 12.1 Å². The van der Waals surface area contributed by atoms with Gasteiger partial charge in [-0.2, -0.15) is 16.8 Å². The molecule has 1 aliphatic rings. The van der Waals surface area contributed by atoms with Crippen molar-refractivity contribution in [1.29, 1.82) is 0 Å². The van der Waals surface area contributed by atoms with Gasteiger partial charge in [0.25, 0.3) is 0 Å². The van der Waals surface area contributed by atoms with Crippen molar-refractivity contribution in [3.63, 3.8) is 0 Å². The number of rotatable bonds is 2. The fourth-order valence-electron chi connectivity index (χ4n) is 1.12. The van der Waals surface area contributed by atoms with Gasteiger partial charge in [-0.15, -0.1) is 0 Å². The first kappa shape index (κ1) is 9.20. The van der Waals surface area contributed by atoms with Crippen molar-refractivity contribution >= 4 is 23.9 Å². The Hall–Kier alpha value is -0.890. The Kier molecular flexibility index (Phi) is 3.74. The van der Waals surface area contributed by atoms with E-state index in [1.807, 2.05) is 0 Å². The summed E-state index contributed by atoms with van der Waals surface area (Å²) >= 11 is 1.71. The second-order valence-electron chi connectivity index (χ2n) is 2.44. The molecule has 5 heteroatoms. The Morgan fingerprint density at radius 3 is 2.50 bits per heavy atom. The number of carbonyl (C=O) groups excluding carboxylic acids is 2. The molecule has 0 aromatic carbocycles. The maximum absolute atomic E-state index is 9.98. The molecule has 0 aromatic heterocycles. The van der Waals surface area contributed by atoms with Crippen molar-refractivity contribution in [3.8, 4) is 0 Å². The third-order valence-corrected chi connectivity index (χ3v) is 2.83. The van der Waals surface area contributed by atoms with Crippen molar-refractivity contribution in [2.24, 2.45) is 9.98 Å². The zero-order chi connectivity index (χ0) is 8.81. The normalized spacial score (nSPS) is 28.3. The first-order valence-electron chi connectivity index (χ1n) is 3.60. The lowest BCUT2D eigenvalue weighted by atomic mass is 10.1. The van der Waals surface area contributed by atoms with E-state index < -0.39 is 0 Å². The van der Waals surface area contributed by atoms with Crippen LogP contribution in [0.1, 0.15) is 6.42 Å². The molecule has 0 radical (unpaired) electrons. The Morgan fingerprint density at radius 2 is 1.83 bits per heavy atom. The molecule has 1 saturated heterocycles. The van der Waals surface area contributed by atoms with Crippen molar-refractivity contribution in [2.45, 2.75) is 18.5 Å². The average Bonchev–Trinajstić information content (AvgIpc) is 2.09. The van der Waals surface area contributed by atoms with E-state index in [1.165, 1.54) is 12.2 Å². The second-order valence-corrected chi connectivity index (χ2v) is 3.59. The van der Waals surface area contributed by atoms with Crippen LogP contribution in [0.3, 0.4) is 0 Å². The number of aliphatic imine (C=N–C) groups is 2. The summed E-state index contributed by atoms with van der Waals surface area (Å²) in [6.07, 6.45) is 3.79. The van der Waals surface area contributed by atoms with E-state index in [0.29, 0.717) is 0 Å². The van der Waals surface area contributed by atoms with Crippen LogP contribution in [0.2, 0.25) is 0 Å². The predicted molar refractivity (Wildman–Crippen MR) is 45.8 cm³/mol. The van der Waals surface area contributed by atoms with E-state index in [9.17, 15) is 9.59 Å². The molecule has 0 aliphatic carbocycles. The lowest BCUT2D eigenvalue weighted by Gasteiger charge is -2.22. The molecule has 0 spiro atoms.